The van der Waals surface area contributed by atoms with Crippen molar-refractivity contribution in [1.82, 2.24) is 0 Å². The molecule has 0 aliphatic rings. The molecule has 1 aromatic rings. The molecule has 6 nitrogen and oxygen atoms in total. The number of amides is 1. The fourth-order valence-electron chi connectivity index (χ4n) is 1.37. The van der Waals surface area contributed by atoms with Gasteiger partial charge in [-0.2, -0.15) is 0 Å². The molecule has 0 aliphatic heterocycles. The number of hydrogen-bond acceptors (Lipinski definition) is 4. The molecule has 0 saturated heterocycles. The van der Waals surface area contributed by atoms with Crippen molar-refractivity contribution in [3.8, 4) is 11.5 Å². The molecule has 0 unspecified atom stereocenters. The molecule has 0 aliphatic carbocycles. The van der Waals surface area contributed by atoms with E-state index in [1.165, 1.54) is 6.08 Å². The topological polar surface area (TPSA) is 98.8 Å². The van der Waals surface area contributed by atoms with Crippen LogP contribution in [0.5, 0.6) is 11.5 Å². The van der Waals surface area contributed by atoms with E-state index in [0.717, 1.165) is 6.08 Å². The van der Waals surface area contributed by atoms with E-state index in [2.05, 4.69) is 15.9 Å². The van der Waals surface area contributed by atoms with Gasteiger partial charge in [-0.15, -0.1) is 0 Å². The monoisotopic (exact) mass is 343 g/mol. The predicted molar refractivity (Wildman–Crippen MR) is 76.7 cm³/mol. The molecule has 0 aromatic heterocycles. The Morgan fingerprint density at radius 2 is 2.00 bits per heavy atom. The molecule has 1 rings (SSSR count). The lowest BCUT2D eigenvalue weighted by atomic mass is 10.2. The SMILES string of the molecule is CCOc1cc(/C=C/C(=O)O)c(Br)cc1OCC(N)=O. The molecule has 3 N–H and O–H groups in total. The molecular formula is C13H14BrNO5. The average molecular weight is 344 g/mol. The van der Waals surface area contributed by atoms with Crippen LogP contribution in [0.3, 0.4) is 0 Å². The van der Waals surface area contributed by atoms with Crippen LogP contribution in [-0.4, -0.2) is 30.2 Å². The second-order valence-corrected chi connectivity index (χ2v) is 4.53. The predicted octanol–water partition coefficient (Wildman–Crippen LogP) is 1.81. The van der Waals surface area contributed by atoms with Gasteiger partial charge in [0.25, 0.3) is 5.91 Å². The number of carbonyl (C=O) groups is 2. The Morgan fingerprint density at radius 3 is 2.55 bits per heavy atom. The first-order chi connectivity index (χ1) is 9.43. The van der Waals surface area contributed by atoms with Crippen molar-refractivity contribution in [1.29, 1.82) is 0 Å². The summed E-state index contributed by atoms with van der Waals surface area (Å²) in [7, 11) is 0. The fraction of sp³-hybridized carbons (Fsp3) is 0.231. The minimum atomic E-state index is -1.05. The molecule has 0 atom stereocenters. The van der Waals surface area contributed by atoms with Gasteiger partial charge in [-0.3, -0.25) is 4.79 Å². The van der Waals surface area contributed by atoms with Gasteiger partial charge in [0.2, 0.25) is 0 Å². The number of halogens is 1. The maximum Gasteiger partial charge on any atom is 0.328 e. The molecule has 0 fully saturated rings. The zero-order valence-corrected chi connectivity index (χ0v) is 12.3. The summed E-state index contributed by atoms with van der Waals surface area (Å²) in [4.78, 5) is 21.3. The van der Waals surface area contributed by atoms with E-state index in [-0.39, 0.29) is 6.61 Å². The van der Waals surface area contributed by atoms with Crippen molar-refractivity contribution in [3.05, 3.63) is 28.2 Å². The number of rotatable bonds is 7. The first kappa shape index (κ1) is 16.0. The summed E-state index contributed by atoms with van der Waals surface area (Å²) in [6.45, 7) is 1.93. The van der Waals surface area contributed by atoms with Gasteiger partial charge in [0, 0.05) is 10.5 Å². The van der Waals surface area contributed by atoms with E-state index >= 15 is 0 Å². The van der Waals surface area contributed by atoms with Gasteiger partial charge in [-0.05, 0) is 30.7 Å². The minimum Gasteiger partial charge on any atom is -0.490 e. The third-order valence-electron chi connectivity index (χ3n) is 2.14. The van der Waals surface area contributed by atoms with Gasteiger partial charge in [-0.1, -0.05) is 15.9 Å². The van der Waals surface area contributed by atoms with Crippen molar-refractivity contribution >= 4 is 33.9 Å². The quantitative estimate of drug-likeness (QED) is 0.735. The molecule has 0 spiro atoms. The van der Waals surface area contributed by atoms with Gasteiger partial charge >= 0.3 is 5.97 Å². The normalized spacial score (nSPS) is 10.5. The summed E-state index contributed by atoms with van der Waals surface area (Å²) in [5.74, 6) is -0.894. The van der Waals surface area contributed by atoms with Gasteiger partial charge in [0.1, 0.15) is 0 Å². The van der Waals surface area contributed by atoms with Gasteiger partial charge < -0.3 is 20.3 Å². The van der Waals surface area contributed by atoms with Crippen LogP contribution < -0.4 is 15.2 Å². The Labute approximate surface area is 124 Å². The van der Waals surface area contributed by atoms with Crippen LogP contribution in [0.25, 0.3) is 6.08 Å². The third kappa shape index (κ3) is 4.93. The van der Waals surface area contributed by atoms with Crippen molar-refractivity contribution in [3.63, 3.8) is 0 Å². The van der Waals surface area contributed by atoms with E-state index in [0.29, 0.717) is 28.1 Å². The number of carboxylic acid groups (broad SMARTS) is 1. The number of ether oxygens (including phenoxy) is 2. The Kier molecular flexibility index (Phi) is 6.05. The van der Waals surface area contributed by atoms with E-state index in [1.807, 2.05) is 0 Å². The largest absolute Gasteiger partial charge is 0.490 e. The maximum absolute atomic E-state index is 10.7. The van der Waals surface area contributed by atoms with E-state index in [1.54, 1.807) is 19.1 Å². The number of carbonyl (C=O) groups excluding carboxylic acids is 1. The van der Waals surface area contributed by atoms with Gasteiger partial charge in [0.15, 0.2) is 18.1 Å². The van der Waals surface area contributed by atoms with Crippen LogP contribution in [0, 0.1) is 0 Å². The standard InChI is InChI=1S/C13H14BrNO5/c1-2-19-10-5-8(3-4-13(17)18)9(14)6-11(10)20-7-12(15)16/h3-6H,2,7H2,1H3,(H2,15,16)(H,17,18)/b4-3+. The van der Waals surface area contributed by atoms with Crippen molar-refractivity contribution < 1.29 is 24.2 Å². The lowest BCUT2D eigenvalue weighted by Crippen LogP contribution is -2.20. The summed E-state index contributed by atoms with van der Waals surface area (Å²) in [6.07, 6.45) is 2.44. The number of hydrogen-bond donors (Lipinski definition) is 2. The molecule has 1 aromatic carbocycles. The molecule has 20 heavy (non-hydrogen) atoms. The summed E-state index contributed by atoms with van der Waals surface area (Å²) in [5.41, 5.74) is 5.63. The zero-order valence-electron chi connectivity index (χ0n) is 10.8. The summed E-state index contributed by atoms with van der Waals surface area (Å²) < 4.78 is 11.2. The Morgan fingerprint density at radius 1 is 1.35 bits per heavy atom. The second-order valence-electron chi connectivity index (χ2n) is 3.68. The first-order valence-corrected chi connectivity index (χ1v) is 6.51. The average Bonchev–Trinajstić information content (AvgIpc) is 2.37. The third-order valence-corrected chi connectivity index (χ3v) is 2.83. The highest BCUT2D eigenvalue weighted by molar-refractivity contribution is 9.10. The highest BCUT2D eigenvalue weighted by Crippen LogP contribution is 2.34. The van der Waals surface area contributed by atoms with E-state index < -0.39 is 11.9 Å². The van der Waals surface area contributed by atoms with Crippen molar-refractivity contribution in [2.75, 3.05) is 13.2 Å². The summed E-state index contributed by atoms with van der Waals surface area (Å²) in [5, 5.41) is 8.63. The van der Waals surface area contributed by atoms with Crippen LogP contribution in [0.1, 0.15) is 12.5 Å². The van der Waals surface area contributed by atoms with Crippen LogP contribution >= 0.6 is 15.9 Å². The van der Waals surface area contributed by atoms with E-state index in [9.17, 15) is 9.59 Å². The Hall–Kier alpha value is -2.02. The van der Waals surface area contributed by atoms with Crippen molar-refractivity contribution in [2.24, 2.45) is 5.73 Å². The highest BCUT2D eigenvalue weighted by Gasteiger charge is 2.10. The number of aliphatic carboxylic acids is 1. The van der Waals surface area contributed by atoms with E-state index in [4.69, 9.17) is 20.3 Å². The van der Waals surface area contributed by atoms with Crippen LogP contribution in [0.4, 0.5) is 0 Å². The molecule has 0 heterocycles. The summed E-state index contributed by atoms with van der Waals surface area (Å²) in [6, 6.07) is 3.21. The smallest absolute Gasteiger partial charge is 0.328 e. The number of carboxylic acids is 1. The molecule has 0 saturated carbocycles. The molecule has 0 radical (unpaired) electrons. The lowest BCUT2D eigenvalue weighted by Gasteiger charge is -2.13. The van der Waals surface area contributed by atoms with Crippen LogP contribution in [0.2, 0.25) is 0 Å². The molecule has 108 valence electrons. The van der Waals surface area contributed by atoms with Crippen molar-refractivity contribution in [2.45, 2.75) is 6.92 Å². The fourth-order valence-corrected chi connectivity index (χ4v) is 1.82. The van der Waals surface area contributed by atoms with Gasteiger partial charge in [0.05, 0.1) is 6.61 Å². The summed E-state index contributed by atoms with van der Waals surface area (Å²) >= 11 is 3.29. The van der Waals surface area contributed by atoms with Gasteiger partial charge in [-0.25, -0.2) is 4.79 Å². The Balaban J connectivity index is 3.09. The van der Waals surface area contributed by atoms with Crippen LogP contribution in [-0.2, 0) is 9.59 Å². The minimum absolute atomic E-state index is 0.267. The lowest BCUT2D eigenvalue weighted by molar-refractivity contribution is -0.131. The number of primary amides is 1. The zero-order chi connectivity index (χ0) is 15.1. The highest BCUT2D eigenvalue weighted by atomic mass is 79.9. The first-order valence-electron chi connectivity index (χ1n) is 5.72. The second kappa shape index (κ2) is 7.54. The number of nitrogens with two attached hydrogens (primary N) is 1. The molecule has 7 heteroatoms. The molecular weight excluding hydrogens is 330 g/mol. The molecule has 0 bridgehead atoms. The van der Waals surface area contributed by atoms with Crippen LogP contribution in [0.15, 0.2) is 22.7 Å². The Bertz CT molecular complexity index is 542. The number of benzene rings is 1. The maximum atomic E-state index is 10.7. The molecule has 1 amide bonds.